The van der Waals surface area contributed by atoms with E-state index in [0.717, 1.165) is 18.8 Å². The molecule has 2 aromatic rings. The van der Waals surface area contributed by atoms with Crippen LogP contribution in [0.4, 0.5) is 5.69 Å². The summed E-state index contributed by atoms with van der Waals surface area (Å²) in [5, 5.41) is 3.33. The lowest BCUT2D eigenvalue weighted by Crippen LogP contribution is -2.03. The zero-order valence-corrected chi connectivity index (χ0v) is 10.6. The van der Waals surface area contributed by atoms with Crippen LogP contribution in [0.15, 0.2) is 24.8 Å². The number of rotatable bonds is 4. The molecular formula is C13H18N4. The van der Waals surface area contributed by atoms with Crippen molar-refractivity contribution < 1.29 is 0 Å². The van der Waals surface area contributed by atoms with E-state index in [4.69, 9.17) is 0 Å². The van der Waals surface area contributed by atoms with Crippen molar-refractivity contribution in [2.24, 2.45) is 0 Å². The Balaban J connectivity index is 2.10. The third-order valence-electron chi connectivity index (χ3n) is 3.04. The summed E-state index contributed by atoms with van der Waals surface area (Å²) in [4.78, 5) is 7.96. The summed E-state index contributed by atoms with van der Waals surface area (Å²) in [6.07, 6.45) is 5.10. The number of hydrogen-bond acceptors (Lipinski definition) is 3. The maximum absolute atomic E-state index is 3.98. The Labute approximate surface area is 102 Å². The third-order valence-corrected chi connectivity index (χ3v) is 3.04. The molecular weight excluding hydrogens is 212 g/mol. The average Bonchev–Trinajstić information content (AvgIpc) is 2.63. The second-order valence-electron chi connectivity index (χ2n) is 4.12. The summed E-state index contributed by atoms with van der Waals surface area (Å²) in [5.74, 6) is 0. The second kappa shape index (κ2) is 4.99. The Bertz CT molecular complexity index is 488. The topological polar surface area (TPSA) is 42.7 Å². The minimum Gasteiger partial charge on any atom is -0.378 e. The molecule has 0 saturated heterocycles. The Morgan fingerprint density at radius 2 is 1.94 bits per heavy atom. The van der Waals surface area contributed by atoms with Crippen LogP contribution in [0.25, 0.3) is 0 Å². The molecule has 1 N–H and O–H groups in total. The van der Waals surface area contributed by atoms with Crippen LogP contribution in [-0.2, 0) is 13.1 Å². The molecule has 0 aromatic carbocycles. The Morgan fingerprint density at radius 3 is 2.53 bits per heavy atom. The van der Waals surface area contributed by atoms with Gasteiger partial charge in [0.15, 0.2) is 0 Å². The van der Waals surface area contributed by atoms with Gasteiger partial charge in [0, 0.05) is 24.5 Å². The second-order valence-corrected chi connectivity index (χ2v) is 4.12. The van der Waals surface area contributed by atoms with Gasteiger partial charge in [-0.2, -0.15) is 0 Å². The summed E-state index contributed by atoms with van der Waals surface area (Å²) in [7, 11) is 0. The first kappa shape index (κ1) is 11.6. The van der Waals surface area contributed by atoms with E-state index in [9.17, 15) is 0 Å². The highest BCUT2D eigenvalue weighted by atomic mass is 15.0. The van der Waals surface area contributed by atoms with Gasteiger partial charge in [0.2, 0.25) is 0 Å². The van der Waals surface area contributed by atoms with E-state index in [1.165, 1.54) is 23.3 Å². The first-order valence-electron chi connectivity index (χ1n) is 5.87. The van der Waals surface area contributed by atoms with Gasteiger partial charge in [-0.05, 0) is 32.4 Å². The molecule has 0 aliphatic rings. The summed E-state index contributed by atoms with van der Waals surface area (Å²) < 4.78 is 2.32. The van der Waals surface area contributed by atoms with Gasteiger partial charge in [0.1, 0.15) is 6.33 Å². The lowest BCUT2D eigenvalue weighted by Gasteiger charge is -2.07. The number of nitrogens with zero attached hydrogens (tertiary/aromatic N) is 3. The van der Waals surface area contributed by atoms with Crippen LogP contribution in [-0.4, -0.2) is 14.5 Å². The van der Waals surface area contributed by atoms with Gasteiger partial charge < -0.3 is 9.88 Å². The van der Waals surface area contributed by atoms with E-state index in [0.29, 0.717) is 0 Å². The lowest BCUT2D eigenvalue weighted by molar-refractivity contribution is 0.715. The fraction of sp³-hybridized carbons (Fsp3) is 0.385. The van der Waals surface area contributed by atoms with Crippen LogP contribution in [0.3, 0.4) is 0 Å². The summed E-state index contributed by atoms with van der Waals surface area (Å²) in [6.45, 7) is 8.31. The standard InChI is InChI=1S/C13H18N4/c1-4-17-10(2)5-12(11(17)3)6-16-13-7-14-9-15-8-13/h5,7-9,16H,4,6H2,1-3H3. The van der Waals surface area contributed by atoms with Gasteiger partial charge in [0.05, 0.1) is 18.1 Å². The quantitative estimate of drug-likeness (QED) is 0.877. The minimum absolute atomic E-state index is 0.813. The maximum atomic E-state index is 3.98. The van der Waals surface area contributed by atoms with Crippen molar-refractivity contribution in [1.82, 2.24) is 14.5 Å². The Hall–Kier alpha value is -1.84. The van der Waals surface area contributed by atoms with Crippen molar-refractivity contribution >= 4 is 5.69 Å². The highest BCUT2D eigenvalue weighted by Gasteiger charge is 2.07. The molecule has 2 heterocycles. The highest BCUT2D eigenvalue weighted by molar-refractivity contribution is 5.39. The van der Waals surface area contributed by atoms with E-state index in [2.05, 4.69) is 46.7 Å². The molecule has 0 unspecified atom stereocenters. The normalized spacial score (nSPS) is 10.5. The average molecular weight is 230 g/mol. The molecule has 2 rings (SSSR count). The molecule has 4 nitrogen and oxygen atoms in total. The molecule has 0 amide bonds. The van der Waals surface area contributed by atoms with Gasteiger partial charge in [-0.3, -0.25) is 0 Å². The van der Waals surface area contributed by atoms with E-state index in [-0.39, 0.29) is 0 Å². The van der Waals surface area contributed by atoms with E-state index >= 15 is 0 Å². The van der Waals surface area contributed by atoms with E-state index in [1.54, 1.807) is 12.4 Å². The molecule has 0 saturated carbocycles. The van der Waals surface area contributed by atoms with Crippen molar-refractivity contribution in [3.63, 3.8) is 0 Å². The maximum Gasteiger partial charge on any atom is 0.115 e. The Kier molecular flexibility index (Phi) is 3.42. The molecule has 0 aliphatic heterocycles. The van der Waals surface area contributed by atoms with Crippen molar-refractivity contribution in [3.05, 3.63) is 41.7 Å². The van der Waals surface area contributed by atoms with E-state index < -0.39 is 0 Å². The molecule has 0 radical (unpaired) electrons. The number of aryl methyl sites for hydroxylation is 1. The SMILES string of the molecule is CCn1c(C)cc(CNc2cncnc2)c1C. The summed E-state index contributed by atoms with van der Waals surface area (Å²) in [5.41, 5.74) is 4.92. The fourth-order valence-electron chi connectivity index (χ4n) is 2.13. The lowest BCUT2D eigenvalue weighted by atomic mass is 10.2. The zero-order chi connectivity index (χ0) is 12.3. The van der Waals surface area contributed by atoms with Crippen molar-refractivity contribution in [3.8, 4) is 0 Å². The largest absolute Gasteiger partial charge is 0.378 e. The van der Waals surface area contributed by atoms with Gasteiger partial charge in [0.25, 0.3) is 0 Å². The molecule has 4 heteroatoms. The van der Waals surface area contributed by atoms with Crippen LogP contribution in [0.1, 0.15) is 23.9 Å². The van der Waals surface area contributed by atoms with Gasteiger partial charge in [-0.25, -0.2) is 9.97 Å². The van der Waals surface area contributed by atoms with Crippen LogP contribution >= 0.6 is 0 Å². The van der Waals surface area contributed by atoms with E-state index in [1.807, 2.05) is 0 Å². The number of aromatic nitrogens is 3. The number of hydrogen-bond donors (Lipinski definition) is 1. The van der Waals surface area contributed by atoms with Crippen molar-refractivity contribution in [1.29, 1.82) is 0 Å². The summed E-state index contributed by atoms with van der Waals surface area (Å²) >= 11 is 0. The van der Waals surface area contributed by atoms with Gasteiger partial charge in [-0.1, -0.05) is 0 Å². The van der Waals surface area contributed by atoms with Gasteiger partial charge >= 0.3 is 0 Å². The van der Waals surface area contributed by atoms with Crippen LogP contribution < -0.4 is 5.32 Å². The smallest absolute Gasteiger partial charge is 0.115 e. The molecule has 90 valence electrons. The molecule has 0 atom stereocenters. The predicted molar refractivity (Wildman–Crippen MR) is 68.9 cm³/mol. The molecule has 17 heavy (non-hydrogen) atoms. The number of nitrogens with one attached hydrogen (secondary N) is 1. The Morgan fingerprint density at radius 1 is 1.24 bits per heavy atom. The van der Waals surface area contributed by atoms with Gasteiger partial charge in [-0.15, -0.1) is 0 Å². The third kappa shape index (κ3) is 2.46. The molecule has 0 bridgehead atoms. The molecule has 0 aliphatic carbocycles. The van der Waals surface area contributed by atoms with Crippen molar-refractivity contribution in [2.75, 3.05) is 5.32 Å². The fourth-order valence-corrected chi connectivity index (χ4v) is 2.13. The number of anilines is 1. The minimum atomic E-state index is 0.813. The highest BCUT2D eigenvalue weighted by Crippen LogP contribution is 2.16. The first-order chi connectivity index (χ1) is 8.22. The van der Waals surface area contributed by atoms with Crippen molar-refractivity contribution in [2.45, 2.75) is 33.9 Å². The molecule has 0 fully saturated rings. The van der Waals surface area contributed by atoms with Crippen LogP contribution in [0.5, 0.6) is 0 Å². The molecule has 0 spiro atoms. The zero-order valence-electron chi connectivity index (χ0n) is 10.6. The first-order valence-corrected chi connectivity index (χ1v) is 5.87. The predicted octanol–water partition coefficient (Wildman–Crippen LogP) is 2.53. The van der Waals surface area contributed by atoms with Crippen LogP contribution in [0, 0.1) is 13.8 Å². The molecule has 2 aromatic heterocycles. The summed E-state index contributed by atoms with van der Waals surface area (Å²) in [6, 6.07) is 2.23. The van der Waals surface area contributed by atoms with Crippen LogP contribution in [0.2, 0.25) is 0 Å². The monoisotopic (exact) mass is 230 g/mol.